The van der Waals surface area contributed by atoms with Crippen LogP contribution >= 0.6 is 15.9 Å². The third kappa shape index (κ3) is 3.53. The Morgan fingerprint density at radius 1 is 1.15 bits per heavy atom. The molecule has 3 rings (SSSR count). The second-order valence-electron chi connectivity index (χ2n) is 7.60. The molecule has 2 aromatic rings. The fourth-order valence-electron chi connectivity index (χ4n) is 3.44. The van der Waals surface area contributed by atoms with Crippen molar-refractivity contribution >= 4 is 32.5 Å². The van der Waals surface area contributed by atoms with E-state index in [9.17, 15) is 0 Å². The zero-order valence-corrected chi connectivity index (χ0v) is 18.0. The Morgan fingerprint density at radius 2 is 1.88 bits per heavy atom. The number of allylic oxidation sites excluding steroid dienone is 7. The van der Waals surface area contributed by atoms with E-state index in [0.29, 0.717) is 5.92 Å². The van der Waals surface area contributed by atoms with Gasteiger partial charge in [-0.1, -0.05) is 50.8 Å². The molecule has 1 nitrogen and oxygen atoms in total. The third-order valence-corrected chi connectivity index (χ3v) is 5.90. The van der Waals surface area contributed by atoms with Crippen LogP contribution in [0.15, 0.2) is 57.0 Å². The lowest BCUT2D eigenvalue weighted by Gasteiger charge is -2.14. The zero-order chi connectivity index (χ0) is 19.0. The molecule has 0 spiro atoms. The van der Waals surface area contributed by atoms with E-state index >= 15 is 0 Å². The molecule has 0 saturated carbocycles. The average Bonchev–Trinajstić information content (AvgIpc) is 2.96. The molecule has 0 radical (unpaired) electrons. The van der Waals surface area contributed by atoms with Gasteiger partial charge in [-0.25, -0.2) is 0 Å². The van der Waals surface area contributed by atoms with Crippen LogP contribution in [0.4, 0.5) is 0 Å². The predicted molar refractivity (Wildman–Crippen MR) is 117 cm³/mol. The highest BCUT2D eigenvalue weighted by Crippen LogP contribution is 2.42. The van der Waals surface area contributed by atoms with Gasteiger partial charge in [0.1, 0.15) is 11.3 Å². The van der Waals surface area contributed by atoms with E-state index < -0.39 is 0 Å². The van der Waals surface area contributed by atoms with Crippen LogP contribution in [-0.4, -0.2) is 0 Å². The Morgan fingerprint density at radius 3 is 2.50 bits per heavy atom. The van der Waals surface area contributed by atoms with Crippen LogP contribution in [0, 0.1) is 26.7 Å². The fraction of sp³-hybridized carbons (Fsp3) is 0.333. The van der Waals surface area contributed by atoms with Crippen LogP contribution in [0.2, 0.25) is 0 Å². The molecular weight excluding hydrogens is 384 g/mol. The topological polar surface area (TPSA) is 13.1 Å². The van der Waals surface area contributed by atoms with Gasteiger partial charge in [-0.2, -0.15) is 0 Å². The van der Waals surface area contributed by atoms with E-state index in [1.165, 1.54) is 33.2 Å². The van der Waals surface area contributed by atoms with Crippen LogP contribution in [0.1, 0.15) is 49.1 Å². The van der Waals surface area contributed by atoms with Gasteiger partial charge in [0, 0.05) is 5.39 Å². The quantitative estimate of drug-likeness (QED) is 0.465. The van der Waals surface area contributed by atoms with Crippen molar-refractivity contribution in [3.05, 3.63) is 75.0 Å². The molecule has 2 heteroatoms. The number of halogens is 1. The first-order chi connectivity index (χ1) is 12.3. The molecule has 0 amide bonds. The smallest absolute Gasteiger partial charge is 0.145 e. The third-order valence-electron chi connectivity index (χ3n) is 5.14. The molecule has 0 aliphatic heterocycles. The number of fused-ring (bicyclic) bond motifs is 1. The van der Waals surface area contributed by atoms with E-state index in [2.05, 4.69) is 87.5 Å². The van der Waals surface area contributed by atoms with Crippen molar-refractivity contribution in [2.75, 3.05) is 0 Å². The van der Waals surface area contributed by atoms with Crippen LogP contribution in [0.3, 0.4) is 0 Å². The van der Waals surface area contributed by atoms with Gasteiger partial charge in [0.15, 0.2) is 0 Å². The lowest BCUT2D eigenvalue weighted by atomic mass is 9.92. The maximum absolute atomic E-state index is 6.30. The van der Waals surface area contributed by atoms with E-state index in [1.54, 1.807) is 0 Å². The minimum absolute atomic E-state index is 0.545. The summed E-state index contributed by atoms with van der Waals surface area (Å²) in [4.78, 5) is 0. The van der Waals surface area contributed by atoms with Gasteiger partial charge in [0.2, 0.25) is 0 Å². The van der Waals surface area contributed by atoms with Gasteiger partial charge >= 0.3 is 0 Å². The standard InChI is InChI=1S/C24H27BrO/c1-14(2)7-8-15(3)19-9-11-20(12-10-19)24-22(25)21-18(6)16(4)13-17(5)23(21)26-24/h7-9,11,13-14H,3,10,12H2,1-2,4-6H3/b8-7-. The van der Waals surface area contributed by atoms with Crippen LogP contribution in [-0.2, 0) is 0 Å². The molecule has 1 heterocycles. The van der Waals surface area contributed by atoms with E-state index in [0.717, 1.165) is 34.2 Å². The minimum atomic E-state index is 0.545. The van der Waals surface area contributed by atoms with Gasteiger partial charge in [-0.15, -0.1) is 0 Å². The first kappa shape index (κ1) is 19.0. The highest BCUT2D eigenvalue weighted by atomic mass is 79.9. The Labute approximate surface area is 165 Å². The Hall–Kier alpha value is -1.80. The largest absolute Gasteiger partial charge is 0.455 e. The Bertz CT molecular complexity index is 964. The van der Waals surface area contributed by atoms with E-state index in [-0.39, 0.29) is 0 Å². The molecule has 0 atom stereocenters. The Balaban J connectivity index is 1.98. The first-order valence-corrected chi connectivity index (χ1v) is 10.0. The average molecular weight is 411 g/mol. The van der Waals surface area contributed by atoms with E-state index in [1.807, 2.05) is 0 Å². The summed E-state index contributed by atoms with van der Waals surface area (Å²) in [5, 5.41) is 1.21. The van der Waals surface area contributed by atoms with Crippen molar-refractivity contribution in [1.82, 2.24) is 0 Å². The molecule has 0 bridgehead atoms. The summed E-state index contributed by atoms with van der Waals surface area (Å²) in [5.74, 6) is 1.51. The molecule has 1 aliphatic rings. The van der Waals surface area contributed by atoms with Gasteiger partial charge in [0.25, 0.3) is 0 Å². The summed E-state index contributed by atoms with van der Waals surface area (Å²) >= 11 is 3.81. The number of rotatable bonds is 4. The van der Waals surface area contributed by atoms with Crippen molar-refractivity contribution in [1.29, 1.82) is 0 Å². The number of benzene rings is 1. The van der Waals surface area contributed by atoms with Crippen LogP contribution < -0.4 is 0 Å². The molecule has 136 valence electrons. The van der Waals surface area contributed by atoms with Crippen LogP contribution in [0.5, 0.6) is 0 Å². The minimum Gasteiger partial charge on any atom is -0.455 e. The van der Waals surface area contributed by atoms with Crippen molar-refractivity contribution in [3.63, 3.8) is 0 Å². The number of furan rings is 1. The summed E-state index contributed by atoms with van der Waals surface area (Å²) in [6.45, 7) is 15.0. The number of aryl methyl sites for hydroxylation is 3. The second kappa shape index (κ2) is 7.44. The highest BCUT2D eigenvalue weighted by molar-refractivity contribution is 9.10. The first-order valence-electron chi connectivity index (χ1n) is 9.26. The second-order valence-corrected chi connectivity index (χ2v) is 8.39. The van der Waals surface area contributed by atoms with Crippen molar-refractivity contribution in [2.24, 2.45) is 5.92 Å². The summed E-state index contributed by atoms with van der Waals surface area (Å²) < 4.78 is 7.38. The molecule has 1 aliphatic carbocycles. The predicted octanol–water partition coefficient (Wildman–Crippen LogP) is 7.99. The maximum atomic E-state index is 6.30. The molecule has 0 fully saturated rings. The summed E-state index contributed by atoms with van der Waals surface area (Å²) in [6.07, 6.45) is 10.7. The van der Waals surface area contributed by atoms with Crippen molar-refractivity contribution < 1.29 is 4.42 Å². The van der Waals surface area contributed by atoms with E-state index in [4.69, 9.17) is 4.42 Å². The monoisotopic (exact) mass is 410 g/mol. The molecule has 1 aromatic heterocycles. The molecule has 0 unspecified atom stereocenters. The molecule has 1 aromatic carbocycles. The SMILES string of the molecule is C=C(/C=C\C(C)C)C1=CC=C(c2oc3c(C)cc(C)c(C)c3c2Br)CC1. The lowest BCUT2D eigenvalue weighted by Crippen LogP contribution is -1.95. The van der Waals surface area contributed by atoms with Gasteiger partial charge in [-0.3, -0.25) is 0 Å². The summed E-state index contributed by atoms with van der Waals surface area (Å²) in [6, 6.07) is 2.20. The molecule has 0 saturated heterocycles. The summed E-state index contributed by atoms with van der Waals surface area (Å²) in [5.41, 5.74) is 8.43. The number of hydrogen-bond acceptors (Lipinski definition) is 1. The molecular formula is C24H27BrO. The van der Waals surface area contributed by atoms with Gasteiger partial charge in [0.05, 0.1) is 4.47 Å². The highest BCUT2D eigenvalue weighted by Gasteiger charge is 2.21. The van der Waals surface area contributed by atoms with Gasteiger partial charge in [-0.05, 0) is 88.9 Å². The Kier molecular flexibility index (Phi) is 5.43. The van der Waals surface area contributed by atoms with Crippen molar-refractivity contribution in [2.45, 2.75) is 47.5 Å². The van der Waals surface area contributed by atoms with Gasteiger partial charge < -0.3 is 4.42 Å². The lowest BCUT2D eigenvalue weighted by molar-refractivity contribution is 0.590. The summed E-state index contributed by atoms with van der Waals surface area (Å²) in [7, 11) is 0. The van der Waals surface area contributed by atoms with Crippen LogP contribution in [0.25, 0.3) is 16.5 Å². The normalized spacial score (nSPS) is 15.0. The molecule has 26 heavy (non-hydrogen) atoms. The fourth-order valence-corrected chi connectivity index (χ4v) is 4.25. The molecule has 0 N–H and O–H groups in total. The maximum Gasteiger partial charge on any atom is 0.145 e. The number of hydrogen-bond donors (Lipinski definition) is 0. The zero-order valence-electron chi connectivity index (χ0n) is 16.4. The van der Waals surface area contributed by atoms with Crippen molar-refractivity contribution in [3.8, 4) is 0 Å².